The average molecular weight is 423 g/mol. The number of imide groups is 1. The molecule has 0 aliphatic carbocycles. The Morgan fingerprint density at radius 1 is 0.968 bits per heavy atom. The van der Waals surface area contributed by atoms with Crippen LogP contribution in [-0.2, 0) is 9.59 Å². The van der Waals surface area contributed by atoms with Crippen molar-refractivity contribution < 1.29 is 18.7 Å². The number of rotatable bonds is 5. The van der Waals surface area contributed by atoms with Gasteiger partial charge in [-0.05, 0) is 62.4 Å². The molecular formula is C25H27FN2O3. The maximum atomic E-state index is 13.7. The molecule has 0 radical (unpaired) electrons. The molecule has 0 bridgehead atoms. The highest BCUT2D eigenvalue weighted by Crippen LogP contribution is 2.39. The number of amides is 2. The number of benzene rings is 2. The molecule has 1 saturated heterocycles. The van der Waals surface area contributed by atoms with Crippen LogP contribution in [0.1, 0.15) is 39.2 Å². The van der Waals surface area contributed by atoms with E-state index in [9.17, 15) is 14.0 Å². The highest BCUT2D eigenvalue weighted by atomic mass is 19.1. The summed E-state index contributed by atoms with van der Waals surface area (Å²) in [6, 6.07) is 12.8. The third-order valence-electron chi connectivity index (χ3n) is 5.76. The Balaban J connectivity index is 1.80. The van der Waals surface area contributed by atoms with E-state index >= 15 is 0 Å². The van der Waals surface area contributed by atoms with Crippen LogP contribution < -0.4 is 9.64 Å². The predicted molar refractivity (Wildman–Crippen MR) is 118 cm³/mol. The topological polar surface area (TPSA) is 49.9 Å². The quantitative estimate of drug-likeness (QED) is 0.660. The van der Waals surface area contributed by atoms with Crippen molar-refractivity contribution in [3.8, 4) is 5.75 Å². The number of ether oxygens (including phenoxy) is 1. The second-order valence-corrected chi connectivity index (χ2v) is 8.48. The maximum Gasteiger partial charge on any atom is 0.282 e. The molecule has 1 fully saturated rings. The highest BCUT2D eigenvalue weighted by Gasteiger charge is 2.44. The fourth-order valence-electron chi connectivity index (χ4n) is 4.13. The number of hydrogen-bond acceptors (Lipinski definition) is 4. The number of anilines is 1. The molecule has 0 spiro atoms. The maximum absolute atomic E-state index is 13.7. The van der Waals surface area contributed by atoms with Gasteiger partial charge in [0.2, 0.25) is 0 Å². The molecule has 2 aliphatic rings. The van der Waals surface area contributed by atoms with Crippen LogP contribution in [0.2, 0.25) is 0 Å². The number of nitrogens with zero attached hydrogens (tertiary/aromatic N) is 2. The Bertz CT molecular complexity index is 1020. The molecule has 6 heteroatoms. The van der Waals surface area contributed by atoms with Crippen molar-refractivity contribution in [2.75, 3.05) is 18.0 Å². The second-order valence-electron chi connectivity index (χ2n) is 8.48. The summed E-state index contributed by atoms with van der Waals surface area (Å²) in [7, 11) is 0. The van der Waals surface area contributed by atoms with Gasteiger partial charge in [0.15, 0.2) is 0 Å². The van der Waals surface area contributed by atoms with Gasteiger partial charge >= 0.3 is 0 Å². The molecule has 31 heavy (non-hydrogen) atoms. The van der Waals surface area contributed by atoms with E-state index < -0.39 is 5.91 Å². The number of carbonyl (C=O) groups excluding carboxylic acids is 2. The second kappa shape index (κ2) is 8.53. The van der Waals surface area contributed by atoms with Crippen molar-refractivity contribution in [2.45, 2.75) is 39.7 Å². The summed E-state index contributed by atoms with van der Waals surface area (Å²) >= 11 is 0. The van der Waals surface area contributed by atoms with E-state index in [0.29, 0.717) is 47.3 Å². The van der Waals surface area contributed by atoms with Gasteiger partial charge < -0.3 is 9.64 Å². The molecule has 0 atom stereocenters. The molecule has 162 valence electrons. The number of para-hydroxylation sites is 2. The number of carbonyl (C=O) groups is 2. The number of halogens is 1. The minimum Gasteiger partial charge on any atom is -0.489 e. The Morgan fingerprint density at radius 3 is 2.26 bits per heavy atom. The van der Waals surface area contributed by atoms with Gasteiger partial charge in [0.25, 0.3) is 11.8 Å². The lowest BCUT2D eigenvalue weighted by atomic mass is 9.97. The summed E-state index contributed by atoms with van der Waals surface area (Å²) in [5.74, 6) is -0.105. The van der Waals surface area contributed by atoms with Crippen LogP contribution in [-0.4, -0.2) is 35.9 Å². The Labute approximate surface area is 182 Å². The fourth-order valence-corrected chi connectivity index (χ4v) is 4.13. The monoisotopic (exact) mass is 422 g/mol. The molecule has 0 unspecified atom stereocenters. The first-order valence-electron chi connectivity index (χ1n) is 10.8. The van der Waals surface area contributed by atoms with E-state index in [1.807, 2.05) is 24.8 Å². The number of piperidine rings is 1. The largest absolute Gasteiger partial charge is 0.489 e. The fraction of sp³-hybridized carbons (Fsp3) is 0.360. The summed E-state index contributed by atoms with van der Waals surface area (Å²) in [5.41, 5.74) is 1.67. The third-order valence-corrected chi connectivity index (χ3v) is 5.76. The van der Waals surface area contributed by atoms with E-state index in [1.54, 1.807) is 30.3 Å². The van der Waals surface area contributed by atoms with Crippen LogP contribution in [0.25, 0.3) is 5.57 Å². The predicted octanol–water partition coefficient (Wildman–Crippen LogP) is 4.63. The zero-order chi connectivity index (χ0) is 22.1. The first kappa shape index (κ1) is 21.1. The SMILES string of the molecule is CC1CCN(C2=C(c3ccc(F)cc3)C(=O)N(c3ccccc3OC(C)C)C2=O)CC1. The molecule has 4 rings (SSSR count). The zero-order valence-corrected chi connectivity index (χ0v) is 18.1. The van der Waals surface area contributed by atoms with Crippen molar-refractivity contribution >= 4 is 23.1 Å². The van der Waals surface area contributed by atoms with Gasteiger partial charge in [0, 0.05) is 13.1 Å². The lowest BCUT2D eigenvalue weighted by molar-refractivity contribution is -0.120. The minimum atomic E-state index is -0.412. The van der Waals surface area contributed by atoms with Crippen molar-refractivity contribution in [3.05, 3.63) is 65.6 Å². The van der Waals surface area contributed by atoms with Crippen LogP contribution in [0.5, 0.6) is 5.75 Å². The van der Waals surface area contributed by atoms with Crippen LogP contribution in [0.4, 0.5) is 10.1 Å². The molecule has 2 aromatic carbocycles. The van der Waals surface area contributed by atoms with Gasteiger partial charge in [0.1, 0.15) is 17.3 Å². The molecular weight excluding hydrogens is 395 g/mol. The Kier molecular flexibility index (Phi) is 5.81. The molecule has 0 aromatic heterocycles. The average Bonchev–Trinajstić information content (AvgIpc) is 2.99. The first-order chi connectivity index (χ1) is 14.9. The van der Waals surface area contributed by atoms with Crippen molar-refractivity contribution in [1.29, 1.82) is 0 Å². The minimum absolute atomic E-state index is 0.110. The molecule has 2 amide bonds. The molecule has 2 heterocycles. The lowest BCUT2D eigenvalue weighted by Crippen LogP contribution is -2.38. The summed E-state index contributed by atoms with van der Waals surface area (Å²) in [6.45, 7) is 7.40. The van der Waals surface area contributed by atoms with Crippen molar-refractivity contribution in [2.24, 2.45) is 5.92 Å². The molecule has 0 saturated carbocycles. The highest BCUT2D eigenvalue weighted by molar-refractivity contribution is 6.45. The Morgan fingerprint density at radius 2 is 1.61 bits per heavy atom. The van der Waals surface area contributed by atoms with Gasteiger partial charge in [0.05, 0.1) is 17.4 Å². The third kappa shape index (κ3) is 4.07. The van der Waals surface area contributed by atoms with Crippen LogP contribution >= 0.6 is 0 Å². The summed E-state index contributed by atoms with van der Waals surface area (Å²) in [4.78, 5) is 30.5. The van der Waals surface area contributed by atoms with Gasteiger partial charge in [-0.2, -0.15) is 0 Å². The standard InChI is InChI=1S/C25H27FN2O3/c1-16(2)31-21-7-5-4-6-20(21)28-24(29)22(18-8-10-19(26)11-9-18)23(25(28)30)27-14-12-17(3)13-15-27/h4-11,16-17H,12-15H2,1-3H3. The lowest BCUT2D eigenvalue weighted by Gasteiger charge is -2.32. The molecule has 0 N–H and O–H groups in total. The zero-order valence-electron chi connectivity index (χ0n) is 18.1. The smallest absolute Gasteiger partial charge is 0.282 e. The summed E-state index contributed by atoms with van der Waals surface area (Å²) in [6.07, 6.45) is 1.80. The van der Waals surface area contributed by atoms with Crippen molar-refractivity contribution in [3.63, 3.8) is 0 Å². The van der Waals surface area contributed by atoms with Gasteiger partial charge in [-0.1, -0.05) is 31.2 Å². The van der Waals surface area contributed by atoms with E-state index in [4.69, 9.17) is 4.74 Å². The van der Waals surface area contributed by atoms with Crippen LogP contribution in [0.15, 0.2) is 54.2 Å². The van der Waals surface area contributed by atoms with E-state index in [1.165, 1.54) is 17.0 Å². The number of hydrogen-bond donors (Lipinski definition) is 0. The van der Waals surface area contributed by atoms with Crippen LogP contribution in [0, 0.1) is 11.7 Å². The Hall–Kier alpha value is -3.15. The van der Waals surface area contributed by atoms with E-state index in [2.05, 4.69) is 6.92 Å². The summed E-state index contributed by atoms with van der Waals surface area (Å²) in [5, 5.41) is 0. The molecule has 2 aromatic rings. The molecule has 2 aliphatic heterocycles. The first-order valence-corrected chi connectivity index (χ1v) is 10.8. The number of likely N-dealkylation sites (tertiary alicyclic amines) is 1. The normalized spacial score (nSPS) is 17.8. The van der Waals surface area contributed by atoms with Gasteiger partial charge in [-0.3, -0.25) is 9.59 Å². The van der Waals surface area contributed by atoms with Crippen LogP contribution in [0.3, 0.4) is 0 Å². The van der Waals surface area contributed by atoms with E-state index in [-0.39, 0.29) is 17.8 Å². The van der Waals surface area contributed by atoms with Gasteiger partial charge in [-0.25, -0.2) is 9.29 Å². The van der Waals surface area contributed by atoms with Crippen molar-refractivity contribution in [1.82, 2.24) is 4.90 Å². The molecule has 5 nitrogen and oxygen atoms in total. The van der Waals surface area contributed by atoms with E-state index in [0.717, 1.165) is 12.8 Å². The van der Waals surface area contributed by atoms with Gasteiger partial charge in [-0.15, -0.1) is 0 Å². The summed E-state index contributed by atoms with van der Waals surface area (Å²) < 4.78 is 19.4.